The van der Waals surface area contributed by atoms with Crippen molar-refractivity contribution in [1.29, 1.82) is 0 Å². The maximum absolute atomic E-state index is 6.05. The van der Waals surface area contributed by atoms with E-state index >= 15 is 0 Å². The first-order valence-electron chi connectivity index (χ1n) is 7.37. The quantitative estimate of drug-likeness (QED) is 0.916. The van der Waals surface area contributed by atoms with Gasteiger partial charge in [-0.05, 0) is 37.4 Å². The Kier molecular flexibility index (Phi) is 4.46. The van der Waals surface area contributed by atoms with Gasteiger partial charge in [-0.3, -0.25) is 0 Å². The maximum atomic E-state index is 6.05. The molecule has 2 saturated heterocycles. The average Bonchev–Trinajstić information content (AvgIpc) is 2.90. The highest BCUT2D eigenvalue weighted by Gasteiger charge is 2.43. The van der Waals surface area contributed by atoms with Crippen LogP contribution < -0.4 is 5.32 Å². The first-order chi connectivity index (χ1) is 9.74. The Bertz CT molecular complexity index is 460. The SMILES string of the molecule is CNC(c1ccccc1Br)C1CCOC2(CCOC2)C1. The van der Waals surface area contributed by atoms with Crippen LogP contribution >= 0.6 is 15.9 Å². The highest BCUT2D eigenvalue weighted by Crippen LogP contribution is 2.42. The number of benzene rings is 1. The minimum absolute atomic E-state index is 0.0285. The smallest absolute Gasteiger partial charge is 0.0940 e. The molecule has 20 heavy (non-hydrogen) atoms. The second-order valence-corrected chi connectivity index (χ2v) is 6.73. The Morgan fingerprint density at radius 2 is 2.20 bits per heavy atom. The normalized spacial score (nSPS) is 31.6. The fourth-order valence-corrected chi connectivity index (χ4v) is 4.12. The van der Waals surface area contributed by atoms with Crippen LogP contribution in [0.4, 0.5) is 0 Å². The van der Waals surface area contributed by atoms with E-state index in [1.165, 1.54) is 10.0 Å². The van der Waals surface area contributed by atoms with Gasteiger partial charge in [0.1, 0.15) is 0 Å². The summed E-state index contributed by atoms with van der Waals surface area (Å²) >= 11 is 3.68. The zero-order valence-corrected chi connectivity index (χ0v) is 13.5. The standard InChI is InChI=1S/C16H22BrNO2/c1-18-15(13-4-2-3-5-14(13)17)12-6-8-20-16(10-12)7-9-19-11-16/h2-5,12,15,18H,6-11H2,1H3. The molecule has 0 radical (unpaired) electrons. The van der Waals surface area contributed by atoms with Gasteiger partial charge in [0.05, 0.1) is 12.2 Å². The second-order valence-electron chi connectivity index (χ2n) is 5.87. The first-order valence-corrected chi connectivity index (χ1v) is 8.17. The molecule has 0 aromatic heterocycles. The largest absolute Gasteiger partial charge is 0.378 e. The minimum atomic E-state index is -0.0285. The lowest BCUT2D eigenvalue weighted by atomic mass is 9.79. The van der Waals surface area contributed by atoms with Crippen molar-refractivity contribution in [2.45, 2.75) is 30.9 Å². The fourth-order valence-electron chi connectivity index (χ4n) is 3.59. The average molecular weight is 340 g/mol. The Morgan fingerprint density at radius 3 is 2.90 bits per heavy atom. The molecule has 0 aliphatic carbocycles. The van der Waals surface area contributed by atoms with Gasteiger partial charge in [0, 0.05) is 30.1 Å². The van der Waals surface area contributed by atoms with Gasteiger partial charge in [0.15, 0.2) is 0 Å². The van der Waals surface area contributed by atoms with Crippen LogP contribution in [-0.2, 0) is 9.47 Å². The monoisotopic (exact) mass is 339 g/mol. The highest BCUT2D eigenvalue weighted by molar-refractivity contribution is 9.10. The van der Waals surface area contributed by atoms with Crippen molar-refractivity contribution < 1.29 is 9.47 Å². The molecule has 3 rings (SSSR count). The van der Waals surface area contributed by atoms with E-state index in [1.54, 1.807) is 0 Å². The topological polar surface area (TPSA) is 30.5 Å². The van der Waals surface area contributed by atoms with Crippen molar-refractivity contribution in [2.24, 2.45) is 5.92 Å². The minimum Gasteiger partial charge on any atom is -0.378 e. The summed E-state index contributed by atoms with van der Waals surface area (Å²) in [6.45, 7) is 2.44. The molecule has 1 N–H and O–H groups in total. The molecule has 0 amide bonds. The number of hydrogen-bond acceptors (Lipinski definition) is 3. The Balaban J connectivity index is 1.81. The van der Waals surface area contributed by atoms with Gasteiger partial charge < -0.3 is 14.8 Å². The van der Waals surface area contributed by atoms with Gasteiger partial charge in [-0.2, -0.15) is 0 Å². The molecule has 1 spiro atoms. The van der Waals surface area contributed by atoms with Gasteiger partial charge in [0.2, 0.25) is 0 Å². The van der Waals surface area contributed by atoms with Gasteiger partial charge >= 0.3 is 0 Å². The van der Waals surface area contributed by atoms with Crippen molar-refractivity contribution in [3.8, 4) is 0 Å². The molecule has 2 aliphatic heterocycles. The summed E-state index contributed by atoms with van der Waals surface area (Å²) in [5.74, 6) is 0.592. The van der Waals surface area contributed by atoms with Crippen molar-refractivity contribution in [1.82, 2.24) is 5.32 Å². The lowest BCUT2D eigenvalue weighted by Crippen LogP contribution is -2.43. The molecule has 3 atom stereocenters. The number of rotatable bonds is 3. The van der Waals surface area contributed by atoms with Gasteiger partial charge in [0.25, 0.3) is 0 Å². The number of hydrogen-bond donors (Lipinski definition) is 1. The Labute approximate surface area is 129 Å². The van der Waals surface area contributed by atoms with Crippen LogP contribution in [0.5, 0.6) is 0 Å². The van der Waals surface area contributed by atoms with E-state index in [2.05, 4.69) is 52.6 Å². The van der Waals surface area contributed by atoms with Gasteiger partial charge in [-0.1, -0.05) is 34.1 Å². The predicted octanol–water partition coefficient (Wildman–Crippen LogP) is 3.30. The van der Waals surface area contributed by atoms with Crippen molar-refractivity contribution in [3.63, 3.8) is 0 Å². The van der Waals surface area contributed by atoms with Crippen molar-refractivity contribution in [3.05, 3.63) is 34.3 Å². The molecular weight excluding hydrogens is 318 g/mol. The molecule has 2 aliphatic rings. The van der Waals surface area contributed by atoms with Crippen molar-refractivity contribution in [2.75, 3.05) is 26.9 Å². The van der Waals surface area contributed by atoms with Gasteiger partial charge in [-0.25, -0.2) is 0 Å². The van der Waals surface area contributed by atoms with E-state index < -0.39 is 0 Å². The summed E-state index contributed by atoms with van der Waals surface area (Å²) in [6.07, 6.45) is 3.23. The van der Waals surface area contributed by atoms with Gasteiger partial charge in [-0.15, -0.1) is 0 Å². The number of ether oxygens (including phenoxy) is 2. The zero-order chi connectivity index (χ0) is 14.0. The summed E-state index contributed by atoms with van der Waals surface area (Å²) < 4.78 is 12.8. The summed E-state index contributed by atoms with van der Waals surface area (Å²) in [4.78, 5) is 0. The third-order valence-electron chi connectivity index (χ3n) is 4.62. The fraction of sp³-hybridized carbons (Fsp3) is 0.625. The number of halogens is 1. The van der Waals surface area contributed by atoms with Crippen LogP contribution in [-0.4, -0.2) is 32.5 Å². The van der Waals surface area contributed by atoms with Crippen LogP contribution in [0.2, 0.25) is 0 Å². The molecular formula is C16H22BrNO2. The molecule has 110 valence electrons. The van der Waals surface area contributed by atoms with Crippen LogP contribution in [0.1, 0.15) is 30.9 Å². The Hall–Kier alpha value is -0.420. The maximum Gasteiger partial charge on any atom is 0.0940 e. The molecule has 3 nitrogen and oxygen atoms in total. The lowest BCUT2D eigenvalue weighted by Gasteiger charge is -2.40. The van der Waals surface area contributed by atoms with Crippen LogP contribution in [0.15, 0.2) is 28.7 Å². The summed E-state index contributed by atoms with van der Waals surface area (Å²) in [6, 6.07) is 8.87. The van der Waals surface area contributed by atoms with E-state index in [1.807, 2.05) is 0 Å². The van der Waals surface area contributed by atoms with E-state index in [9.17, 15) is 0 Å². The van der Waals surface area contributed by atoms with E-state index in [0.29, 0.717) is 12.0 Å². The molecule has 4 heteroatoms. The van der Waals surface area contributed by atoms with E-state index in [0.717, 1.165) is 39.1 Å². The first kappa shape index (κ1) is 14.5. The summed E-state index contributed by atoms with van der Waals surface area (Å²) in [5, 5.41) is 3.51. The van der Waals surface area contributed by atoms with E-state index in [4.69, 9.17) is 9.47 Å². The molecule has 2 heterocycles. The Morgan fingerprint density at radius 1 is 1.35 bits per heavy atom. The third-order valence-corrected chi connectivity index (χ3v) is 5.34. The summed E-state index contributed by atoms with van der Waals surface area (Å²) in [5.41, 5.74) is 1.31. The number of nitrogens with one attached hydrogen (secondary N) is 1. The predicted molar refractivity (Wildman–Crippen MR) is 82.8 cm³/mol. The van der Waals surface area contributed by atoms with Crippen LogP contribution in [0.25, 0.3) is 0 Å². The van der Waals surface area contributed by atoms with Crippen LogP contribution in [0.3, 0.4) is 0 Å². The molecule has 0 bridgehead atoms. The van der Waals surface area contributed by atoms with Crippen molar-refractivity contribution >= 4 is 15.9 Å². The second kappa shape index (κ2) is 6.14. The lowest BCUT2D eigenvalue weighted by molar-refractivity contribution is -0.103. The third kappa shape index (κ3) is 2.80. The molecule has 3 unspecified atom stereocenters. The summed E-state index contributed by atoms with van der Waals surface area (Å²) in [7, 11) is 2.05. The molecule has 1 aromatic carbocycles. The molecule has 0 saturated carbocycles. The zero-order valence-electron chi connectivity index (χ0n) is 11.9. The molecule has 1 aromatic rings. The molecule has 2 fully saturated rings. The van der Waals surface area contributed by atoms with Crippen LogP contribution in [0, 0.1) is 5.92 Å². The van der Waals surface area contributed by atoms with E-state index in [-0.39, 0.29) is 5.60 Å². The highest BCUT2D eigenvalue weighted by atomic mass is 79.9.